The fraction of sp³-hybridized carbons (Fsp3) is 0.300. The van der Waals surface area contributed by atoms with Gasteiger partial charge in [0.15, 0.2) is 23.0 Å². The molecule has 8 nitrogen and oxygen atoms in total. The highest BCUT2D eigenvalue weighted by molar-refractivity contribution is 6.00. The van der Waals surface area contributed by atoms with E-state index >= 15 is 0 Å². The highest BCUT2D eigenvalue weighted by Crippen LogP contribution is 2.46. The highest BCUT2D eigenvalue weighted by atomic mass is 16.7. The summed E-state index contributed by atoms with van der Waals surface area (Å²) in [5.74, 6) is 1.30. The molecular weight excluding hydrogens is 366 g/mol. The molecule has 0 aliphatic carbocycles. The fourth-order valence-corrected chi connectivity index (χ4v) is 3.93. The Morgan fingerprint density at radius 1 is 1.04 bits per heavy atom. The van der Waals surface area contributed by atoms with Crippen molar-refractivity contribution in [1.82, 2.24) is 4.90 Å². The molecule has 2 aromatic rings. The van der Waals surface area contributed by atoms with Gasteiger partial charge in [-0.25, -0.2) is 4.79 Å². The quantitative estimate of drug-likeness (QED) is 0.752. The molecule has 0 N–H and O–H groups in total. The van der Waals surface area contributed by atoms with Crippen LogP contribution in [0.1, 0.15) is 38.1 Å². The number of carbonyl (C=O) groups is 2. The summed E-state index contributed by atoms with van der Waals surface area (Å²) in [5.41, 5.74) is 2.27. The Hall–Kier alpha value is -3.42. The first-order valence-corrected chi connectivity index (χ1v) is 8.81. The molecule has 1 atom stereocenters. The summed E-state index contributed by atoms with van der Waals surface area (Å²) in [7, 11) is 3.01. The maximum Gasteiger partial charge on any atom is 0.340 e. The molecular formula is C20H17NO7. The van der Waals surface area contributed by atoms with Crippen molar-refractivity contribution in [2.24, 2.45) is 0 Å². The van der Waals surface area contributed by atoms with E-state index in [9.17, 15) is 9.59 Å². The average Bonchev–Trinajstić information content (AvgIpc) is 3.30. The molecule has 0 bridgehead atoms. The Balaban J connectivity index is 1.57. The fourth-order valence-electron chi connectivity index (χ4n) is 3.93. The normalized spacial score (nSPS) is 19.2. The first-order valence-electron chi connectivity index (χ1n) is 8.81. The maximum atomic E-state index is 13.2. The van der Waals surface area contributed by atoms with Crippen molar-refractivity contribution in [3.63, 3.8) is 0 Å². The molecule has 0 radical (unpaired) electrons. The van der Waals surface area contributed by atoms with Crippen LogP contribution < -0.4 is 18.9 Å². The van der Waals surface area contributed by atoms with Crippen LogP contribution in [0.3, 0.4) is 0 Å². The minimum Gasteiger partial charge on any atom is -0.493 e. The van der Waals surface area contributed by atoms with Crippen LogP contribution in [0.25, 0.3) is 0 Å². The molecule has 1 amide bonds. The summed E-state index contributed by atoms with van der Waals surface area (Å²) in [5, 5.41) is 0. The average molecular weight is 383 g/mol. The van der Waals surface area contributed by atoms with Gasteiger partial charge in [-0.15, -0.1) is 0 Å². The second-order valence-corrected chi connectivity index (χ2v) is 6.63. The standard InChI is InChI=1S/C20H17NO7/c1-24-13-4-3-11-16(17(13)25-2)19(28-20(11)23)21-6-5-10-7-14-15(27-9-26-14)8-12(10)18(21)22/h3-4,7-8,19H,5-6,9H2,1-2H3. The van der Waals surface area contributed by atoms with E-state index < -0.39 is 12.2 Å². The van der Waals surface area contributed by atoms with Crippen LogP contribution >= 0.6 is 0 Å². The highest BCUT2D eigenvalue weighted by Gasteiger charge is 2.43. The van der Waals surface area contributed by atoms with Crippen LogP contribution in [0.4, 0.5) is 0 Å². The molecule has 0 saturated carbocycles. The van der Waals surface area contributed by atoms with E-state index in [4.69, 9.17) is 23.7 Å². The number of hydrogen-bond acceptors (Lipinski definition) is 7. The molecule has 2 aromatic carbocycles. The number of cyclic esters (lactones) is 1. The zero-order valence-corrected chi connectivity index (χ0v) is 15.3. The van der Waals surface area contributed by atoms with E-state index in [1.54, 1.807) is 18.2 Å². The van der Waals surface area contributed by atoms with E-state index in [1.165, 1.54) is 19.1 Å². The SMILES string of the molecule is COc1ccc2c(c1OC)C(N1CCc3cc4c(cc3C1=O)OCO4)OC2=O. The van der Waals surface area contributed by atoms with Crippen LogP contribution in [-0.4, -0.2) is 44.3 Å². The zero-order chi connectivity index (χ0) is 19.4. The lowest BCUT2D eigenvalue weighted by Gasteiger charge is -2.33. The first-order chi connectivity index (χ1) is 13.6. The molecule has 28 heavy (non-hydrogen) atoms. The van der Waals surface area contributed by atoms with Crippen molar-refractivity contribution in [2.75, 3.05) is 27.6 Å². The van der Waals surface area contributed by atoms with E-state index in [0.29, 0.717) is 52.7 Å². The van der Waals surface area contributed by atoms with E-state index in [1.807, 2.05) is 6.07 Å². The molecule has 3 aliphatic heterocycles. The largest absolute Gasteiger partial charge is 0.493 e. The molecule has 0 saturated heterocycles. The van der Waals surface area contributed by atoms with Gasteiger partial charge in [-0.2, -0.15) is 0 Å². The van der Waals surface area contributed by atoms with Crippen LogP contribution in [0.15, 0.2) is 24.3 Å². The topological polar surface area (TPSA) is 83.5 Å². The summed E-state index contributed by atoms with van der Waals surface area (Å²) in [6.45, 7) is 0.532. The maximum absolute atomic E-state index is 13.2. The smallest absolute Gasteiger partial charge is 0.340 e. The number of benzene rings is 2. The van der Waals surface area contributed by atoms with Gasteiger partial charge in [0.25, 0.3) is 5.91 Å². The lowest BCUT2D eigenvalue weighted by atomic mass is 9.96. The molecule has 0 aromatic heterocycles. The van der Waals surface area contributed by atoms with Gasteiger partial charge in [0.1, 0.15) is 0 Å². The Morgan fingerprint density at radius 3 is 2.57 bits per heavy atom. The van der Waals surface area contributed by atoms with Crippen molar-refractivity contribution >= 4 is 11.9 Å². The Morgan fingerprint density at radius 2 is 1.82 bits per heavy atom. The number of rotatable bonds is 3. The molecule has 144 valence electrons. The molecule has 0 spiro atoms. The Bertz CT molecular complexity index is 1020. The Labute approximate surface area is 160 Å². The van der Waals surface area contributed by atoms with Gasteiger partial charge in [-0.05, 0) is 36.2 Å². The lowest BCUT2D eigenvalue weighted by molar-refractivity contribution is -0.0169. The molecule has 3 heterocycles. The van der Waals surface area contributed by atoms with Crippen LogP contribution in [0.2, 0.25) is 0 Å². The number of methoxy groups -OCH3 is 2. The third-order valence-corrected chi connectivity index (χ3v) is 5.26. The van der Waals surface area contributed by atoms with E-state index in [2.05, 4.69) is 0 Å². The summed E-state index contributed by atoms with van der Waals surface area (Å²) < 4.78 is 27.2. The monoisotopic (exact) mass is 383 g/mol. The minimum absolute atomic E-state index is 0.140. The second kappa shape index (κ2) is 6.05. The number of nitrogens with zero attached hydrogens (tertiary/aromatic N) is 1. The van der Waals surface area contributed by atoms with Crippen molar-refractivity contribution in [3.8, 4) is 23.0 Å². The van der Waals surface area contributed by atoms with Gasteiger partial charge >= 0.3 is 5.97 Å². The van der Waals surface area contributed by atoms with Gasteiger partial charge < -0.3 is 23.7 Å². The predicted octanol–water partition coefficient (Wildman–Crippen LogP) is 2.30. The van der Waals surface area contributed by atoms with E-state index in [-0.39, 0.29) is 12.7 Å². The number of esters is 1. The summed E-state index contributed by atoms with van der Waals surface area (Å²) in [6.07, 6.45) is -0.272. The summed E-state index contributed by atoms with van der Waals surface area (Å²) in [6, 6.07) is 6.80. The van der Waals surface area contributed by atoms with Gasteiger partial charge in [0.2, 0.25) is 13.0 Å². The number of ether oxygens (including phenoxy) is 5. The van der Waals surface area contributed by atoms with Crippen LogP contribution in [-0.2, 0) is 11.2 Å². The van der Waals surface area contributed by atoms with Crippen LogP contribution in [0.5, 0.6) is 23.0 Å². The molecule has 0 fully saturated rings. The minimum atomic E-state index is -0.876. The third kappa shape index (κ3) is 2.24. The lowest BCUT2D eigenvalue weighted by Crippen LogP contribution is -2.40. The molecule has 8 heteroatoms. The van der Waals surface area contributed by atoms with Crippen LogP contribution in [0, 0.1) is 0 Å². The predicted molar refractivity (Wildman–Crippen MR) is 95.0 cm³/mol. The molecule has 1 unspecified atom stereocenters. The van der Waals surface area contributed by atoms with Gasteiger partial charge in [-0.1, -0.05) is 0 Å². The number of amides is 1. The van der Waals surface area contributed by atoms with Gasteiger partial charge in [-0.3, -0.25) is 9.69 Å². The summed E-state index contributed by atoms with van der Waals surface area (Å²) >= 11 is 0. The third-order valence-electron chi connectivity index (χ3n) is 5.26. The Kier molecular flexibility index (Phi) is 3.61. The van der Waals surface area contributed by atoms with Crippen molar-refractivity contribution in [1.29, 1.82) is 0 Å². The van der Waals surface area contributed by atoms with Crippen molar-refractivity contribution < 1.29 is 33.3 Å². The molecule has 3 aliphatic rings. The summed E-state index contributed by atoms with van der Waals surface area (Å²) in [4.78, 5) is 27.2. The van der Waals surface area contributed by atoms with Crippen molar-refractivity contribution in [2.45, 2.75) is 12.6 Å². The van der Waals surface area contributed by atoms with Gasteiger partial charge in [0, 0.05) is 12.1 Å². The second-order valence-electron chi connectivity index (χ2n) is 6.63. The number of hydrogen-bond donors (Lipinski definition) is 0. The zero-order valence-electron chi connectivity index (χ0n) is 15.3. The first kappa shape index (κ1) is 16.7. The van der Waals surface area contributed by atoms with Gasteiger partial charge in [0.05, 0.1) is 25.3 Å². The number of carbonyl (C=O) groups excluding carboxylic acids is 2. The van der Waals surface area contributed by atoms with E-state index in [0.717, 1.165) is 5.56 Å². The van der Waals surface area contributed by atoms with Crippen molar-refractivity contribution in [3.05, 3.63) is 46.5 Å². The number of fused-ring (bicyclic) bond motifs is 3. The molecule has 5 rings (SSSR count).